The lowest BCUT2D eigenvalue weighted by Gasteiger charge is -2.06. The molecule has 2 aromatic heterocycles. The Bertz CT molecular complexity index is 1250. The molecule has 0 aliphatic carbocycles. The zero-order chi connectivity index (χ0) is 21.6. The number of rotatable bonds is 6. The number of nitrogens with zero attached hydrogens (tertiary/aromatic N) is 2. The van der Waals surface area contributed by atoms with Crippen molar-refractivity contribution in [2.75, 3.05) is 5.32 Å². The summed E-state index contributed by atoms with van der Waals surface area (Å²) in [5.74, 6) is -0.0946. The summed E-state index contributed by atoms with van der Waals surface area (Å²) >= 11 is 0. The third kappa shape index (κ3) is 4.70. The van der Waals surface area contributed by atoms with Gasteiger partial charge in [0.25, 0.3) is 0 Å². The van der Waals surface area contributed by atoms with Gasteiger partial charge in [0.15, 0.2) is 0 Å². The highest BCUT2D eigenvalue weighted by Gasteiger charge is 2.10. The Morgan fingerprint density at radius 2 is 1.90 bits per heavy atom. The number of anilines is 1. The second kappa shape index (κ2) is 9.09. The molecule has 0 aliphatic heterocycles. The molecule has 0 aliphatic rings. The van der Waals surface area contributed by atoms with E-state index in [0.29, 0.717) is 6.54 Å². The maximum absolute atomic E-state index is 11.2. The largest absolute Gasteiger partial charge is 0.404 e. The van der Waals surface area contributed by atoms with E-state index in [4.69, 9.17) is 5.73 Å². The molecule has 2 aromatic carbocycles. The van der Waals surface area contributed by atoms with Crippen LogP contribution in [0.5, 0.6) is 0 Å². The van der Waals surface area contributed by atoms with E-state index in [9.17, 15) is 4.79 Å². The Kier molecular flexibility index (Phi) is 5.89. The zero-order valence-corrected chi connectivity index (χ0v) is 17.2. The molecule has 154 valence electrons. The molecule has 0 radical (unpaired) electrons. The van der Waals surface area contributed by atoms with E-state index in [0.717, 1.165) is 44.5 Å². The Labute approximate surface area is 180 Å². The smallest absolute Gasteiger partial charge is 0.221 e. The minimum atomic E-state index is -0.0946. The number of H-pyrrole nitrogens is 1. The average Bonchev–Trinajstić information content (AvgIpc) is 3.21. The first kappa shape index (κ1) is 20.1. The Balaban J connectivity index is 1.61. The Morgan fingerprint density at radius 3 is 2.61 bits per heavy atom. The number of aliphatic imine (C=N–C) groups is 1. The van der Waals surface area contributed by atoms with Crippen LogP contribution in [-0.2, 0) is 11.3 Å². The fourth-order valence-corrected chi connectivity index (χ4v) is 3.38. The highest BCUT2D eigenvalue weighted by Crippen LogP contribution is 2.28. The van der Waals surface area contributed by atoms with Crippen molar-refractivity contribution in [2.24, 2.45) is 10.7 Å². The minimum Gasteiger partial charge on any atom is -0.404 e. The van der Waals surface area contributed by atoms with Gasteiger partial charge in [0.05, 0.1) is 6.54 Å². The van der Waals surface area contributed by atoms with E-state index in [1.165, 1.54) is 6.92 Å². The topological polar surface area (TPSA) is 96.2 Å². The van der Waals surface area contributed by atoms with Crippen molar-refractivity contribution in [3.8, 4) is 11.1 Å². The van der Waals surface area contributed by atoms with Gasteiger partial charge in [0.2, 0.25) is 5.91 Å². The molecule has 0 saturated carbocycles. The number of fused-ring (bicyclic) bond motifs is 1. The number of carbonyl (C=O) groups is 1. The average molecular weight is 409 g/mol. The Morgan fingerprint density at radius 1 is 1.13 bits per heavy atom. The fraction of sp³-hybridized carbons (Fsp3) is 0.0800. The van der Waals surface area contributed by atoms with E-state index in [2.05, 4.69) is 26.3 Å². The maximum atomic E-state index is 11.2. The van der Waals surface area contributed by atoms with Gasteiger partial charge in [-0.05, 0) is 29.3 Å². The lowest BCUT2D eigenvalue weighted by molar-refractivity contribution is -0.114. The first-order chi connectivity index (χ1) is 15.1. The van der Waals surface area contributed by atoms with Crippen LogP contribution in [0.4, 0.5) is 5.69 Å². The molecular weight excluding hydrogens is 386 g/mol. The number of aromatic amines is 1. The first-order valence-corrected chi connectivity index (χ1v) is 9.95. The number of amides is 1. The molecule has 6 heteroatoms. The molecule has 0 bridgehead atoms. The molecule has 2 heterocycles. The summed E-state index contributed by atoms with van der Waals surface area (Å²) in [6.45, 7) is 2.08. The normalized spacial score (nSPS) is 11.8. The van der Waals surface area contributed by atoms with Gasteiger partial charge in [-0.1, -0.05) is 42.5 Å². The third-order valence-corrected chi connectivity index (χ3v) is 4.91. The van der Waals surface area contributed by atoms with Gasteiger partial charge in [-0.15, -0.1) is 0 Å². The number of pyridine rings is 1. The molecule has 31 heavy (non-hydrogen) atoms. The second-order valence-electron chi connectivity index (χ2n) is 7.16. The molecule has 4 aromatic rings. The van der Waals surface area contributed by atoms with Gasteiger partial charge in [0.1, 0.15) is 5.65 Å². The van der Waals surface area contributed by atoms with Crippen LogP contribution in [0, 0.1) is 0 Å². The molecule has 6 nitrogen and oxygen atoms in total. The lowest BCUT2D eigenvalue weighted by Crippen LogP contribution is -2.05. The number of benzene rings is 2. The predicted octanol–water partition coefficient (Wildman–Crippen LogP) is 4.76. The highest BCUT2D eigenvalue weighted by molar-refractivity contribution is 6.14. The zero-order valence-electron chi connectivity index (χ0n) is 17.2. The number of nitrogens with one attached hydrogen (secondary N) is 2. The molecule has 4 rings (SSSR count). The standard InChI is InChI=1S/C25H23N5O/c1-17(31)30-22-9-7-19(8-10-22)20-11-23-24(16-29-25(23)28-15-20)21(12-26)14-27-13-18-5-3-2-4-6-18/h2-12,14-16H,13,26H2,1H3,(H,28,29)(H,30,31)/b21-12+,27-14?. The molecule has 4 N–H and O–H groups in total. The van der Waals surface area contributed by atoms with Gasteiger partial charge < -0.3 is 16.0 Å². The van der Waals surface area contributed by atoms with Crippen LogP contribution in [0.15, 0.2) is 84.2 Å². The van der Waals surface area contributed by atoms with Gasteiger partial charge in [-0.3, -0.25) is 9.79 Å². The van der Waals surface area contributed by atoms with Crippen molar-refractivity contribution >= 4 is 34.4 Å². The summed E-state index contributed by atoms with van der Waals surface area (Å²) in [4.78, 5) is 23.5. The molecule has 0 atom stereocenters. The number of nitrogens with two attached hydrogens (primary N) is 1. The van der Waals surface area contributed by atoms with Crippen LogP contribution < -0.4 is 11.1 Å². The number of hydrogen-bond acceptors (Lipinski definition) is 4. The van der Waals surface area contributed by atoms with E-state index < -0.39 is 0 Å². The number of aromatic nitrogens is 2. The Hall–Kier alpha value is -4.19. The summed E-state index contributed by atoms with van der Waals surface area (Å²) in [5.41, 5.74) is 12.3. The van der Waals surface area contributed by atoms with Crippen molar-refractivity contribution in [3.05, 3.63) is 90.4 Å². The summed E-state index contributed by atoms with van der Waals surface area (Å²) < 4.78 is 0. The van der Waals surface area contributed by atoms with E-state index in [1.807, 2.05) is 67.0 Å². The van der Waals surface area contributed by atoms with Crippen molar-refractivity contribution < 1.29 is 4.79 Å². The van der Waals surface area contributed by atoms with Gasteiger partial charge >= 0.3 is 0 Å². The van der Waals surface area contributed by atoms with Crippen LogP contribution >= 0.6 is 0 Å². The summed E-state index contributed by atoms with van der Waals surface area (Å²) in [6.07, 6.45) is 7.08. The van der Waals surface area contributed by atoms with Crippen molar-refractivity contribution in [1.29, 1.82) is 0 Å². The summed E-state index contributed by atoms with van der Waals surface area (Å²) in [5, 5.41) is 3.74. The van der Waals surface area contributed by atoms with Crippen LogP contribution in [0.2, 0.25) is 0 Å². The fourth-order valence-electron chi connectivity index (χ4n) is 3.38. The highest BCUT2D eigenvalue weighted by atomic mass is 16.1. The second-order valence-corrected chi connectivity index (χ2v) is 7.16. The molecular formula is C25H23N5O. The van der Waals surface area contributed by atoms with Crippen molar-refractivity contribution in [1.82, 2.24) is 9.97 Å². The number of hydrogen-bond donors (Lipinski definition) is 3. The number of allylic oxidation sites excluding steroid dienone is 1. The third-order valence-electron chi connectivity index (χ3n) is 4.91. The van der Waals surface area contributed by atoms with Crippen LogP contribution in [-0.4, -0.2) is 22.1 Å². The van der Waals surface area contributed by atoms with E-state index >= 15 is 0 Å². The summed E-state index contributed by atoms with van der Waals surface area (Å²) in [6, 6.07) is 19.8. The minimum absolute atomic E-state index is 0.0946. The van der Waals surface area contributed by atoms with Crippen LogP contribution in [0.25, 0.3) is 27.7 Å². The van der Waals surface area contributed by atoms with Crippen LogP contribution in [0.1, 0.15) is 18.1 Å². The van der Waals surface area contributed by atoms with E-state index in [-0.39, 0.29) is 5.91 Å². The lowest BCUT2D eigenvalue weighted by atomic mass is 10.0. The van der Waals surface area contributed by atoms with Gasteiger partial charge in [0, 0.05) is 59.5 Å². The molecule has 0 unspecified atom stereocenters. The van der Waals surface area contributed by atoms with Gasteiger partial charge in [-0.25, -0.2) is 4.98 Å². The maximum Gasteiger partial charge on any atom is 0.221 e. The predicted molar refractivity (Wildman–Crippen MR) is 127 cm³/mol. The van der Waals surface area contributed by atoms with Crippen LogP contribution in [0.3, 0.4) is 0 Å². The SMILES string of the molecule is CC(=O)Nc1ccc(-c2cnc3[nH]cc(/C(C=NCc4ccccc4)=C/N)c3c2)cc1. The molecule has 0 spiro atoms. The molecule has 0 saturated heterocycles. The summed E-state index contributed by atoms with van der Waals surface area (Å²) in [7, 11) is 0. The number of carbonyl (C=O) groups excluding carboxylic acids is 1. The van der Waals surface area contributed by atoms with Crippen molar-refractivity contribution in [2.45, 2.75) is 13.5 Å². The van der Waals surface area contributed by atoms with Gasteiger partial charge in [-0.2, -0.15) is 0 Å². The quantitative estimate of drug-likeness (QED) is 0.401. The molecule has 1 amide bonds. The van der Waals surface area contributed by atoms with E-state index in [1.54, 1.807) is 12.4 Å². The first-order valence-electron chi connectivity index (χ1n) is 9.95. The van der Waals surface area contributed by atoms with Crippen molar-refractivity contribution in [3.63, 3.8) is 0 Å². The monoisotopic (exact) mass is 409 g/mol. The molecule has 0 fully saturated rings.